The second kappa shape index (κ2) is 4.91. The number of hydrogen-bond donors (Lipinski definition) is 0. The highest BCUT2D eigenvalue weighted by Crippen LogP contribution is 2.35. The number of fused-ring (bicyclic) bond motifs is 1. The van der Waals surface area contributed by atoms with Crippen molar-refractivity contribution in [3.8, 4) is 5.88 Å². The number of carbonyl (C=O) groups is 1. The number of aryl methyl sites for hydroxylation is 4. The lowest BCUT2D eigenvalue weighted by atomic mass is 10.2. The molecule has 1 amide bonds. The zero-order valence-corrected chi connectivity index (χ0v) is 12.8. The van der Waals surface area contributed by atoms with E-state index in [-0.39, 0.29) is 5.91 Å². The Kier molecular flexibility index (Phi) is 3.19. The molecule has 0 bridgehead atoms. The second-order valence-corrected chi connectivity index (χ2v) is 5.15. The minimum Gasteiger partial charge on any atom is -0.474 e. The third-order valence-electron chi connectivity index (χ3n) is 3.71. The molecule has 0 unspecified atom stereocenters. The summed E-state index contributed by atoms with van der Waals surface area (Å²) in [6.45, 7) is 7.48. The van der Waals surface area contributed by atoms with Crippen molar-refractivity contribution in [2.45, 2.75) is 27.3 Å². The molecule has 1 aliphatic rings. The Balaban J connectivity index is 2.02. The van der Waals surface area contributed by atoms with Crippen molar-refractivity contribution < 1.29 is 9.53 Å². The molecule has 7 heteroatoms. The van der Waals surface area contributed by atoms with Gasteiger partial charge in [-0.3, -0.25) is 14.4 Å². The average molecular weight is 289 g/mol. The molecule has 1 aliphatic heterocycles. The van der Waals surface area contributed by atoms with Gasteiger partial charge < -0.3 is 4.74 Å². The first kappa shape index (κ1) is 13.7. The molecule has 2 aromatic heterocycles. The van der Waals surface area contributed by atoms with Crippen LogP contribution < -0.4 is 9.64 Å². The highest BCUT2D eigenvalue weighted by atomic mass is 16.5. The van der Waals surface area contributed by atoms with E-state index >= 15 is 0 Å². The summed E-state index contributed by atoms with van der Waals surface area (Å²) in [6.07, 6.45) is 1.80. The fourth-order valence-corrected chi connectivity index (χ4v) is 2.68. The van der Waals surface area contributed by atoms with Gasteiger partial charge in [0, 0.05) is 19.8 Å². The van der Waals surface area contributed by atoms with E-state index in [0.29, 0.717) is 24.6 Å². The number of anilines is 1. The zero-order chi connectivity index (χ0) is 15.1. The number of hydrogen-bond acceptors (Lipinski definition) is 4. The first-order valence-corrected chi connectivity index (χ1v) is 7.05. The normalized spacial score (nSPS) is 14.0. The molecule has 0 saturated carbocycles. The summed E-state index contributed by atoms with van der Waals surface area (Å²) in [5.74, 6) is 0.598. The van der Waals surface area contributed by atoms with E-state index < -0.39 is 0 Å². The SMILES string of the molecule is CCn1cc(C(=O)N2CCOc3c2c(C)nn3C)c(C)n1. The Morgan fingerprint density at radius 1 is 1.33 bits per heavy atom. The number of aromatic nitrogens is 4. The topological polar surface area (TPSA) is 65.2 Å². The van der Waals surface area contributed by atoms with E-state index in [9.17, 15) is 4.79 Å². The van der Waals surface area contributed by atoms with Gasteiger partial charge in [0.15, 0.2) is 0 Å². The van der Waals surface area contributed by atoms with Crippen LogP contribution in [0.25, 0.3) is 0 Å². The van der Waals surface area contributed by atoms with Crippen LogP contribution in [0.4, 0.5) is 5.69 Å². The molecule has 7 nitrogen and oxygen atoms in total. The maximum Gasteiger partial charge on any atom is 0.262 e. The van der Waals surface area contributed by atoms with Gasteiger partial charge in [0.2, 0.25) is 5.88 Å². The molecule has 2 aromatic rings. The Morgan fingerprint density at radius 2 is 2.10 bits per heavy atom. The zero-order valence-electron chi connectivity index (χ0n) is 12.8. The summed E-state index contributed by atoms with van der Waals surface area (Å²) in [5, 5.41) is 8.69. The van der Waals surface area contributed by atoms with Gasteiger partial charge in [0.1, 0.15) is 12.3 Å². The number of nitrogens with zero attached hydrogens (tertiary/aromatic N) is 5. The Labute approximate surface area is 123 Å². The fourth-order valence-electron chi connectivity index (χ4n) is 2.68. The van der Waals surface area contributed by atoms with Crippen LogP contribution >= 0.6 is 0 Å². The van der Waals surface area contributed by atoms with Crippen molar-refractivity contribution in [1.29, 1.82) is 0 Å². The maximum atomic E-state index is 12.9. The van der Waals surface area contributed by atoms with Crippen LogP contribution in [0.5, 0.6) is 5.88 Å². The van der Waals surface area contributed by atoms with Crippen molar-refractivity contribution in [1.82, 2.24) is 19.6 Å². The summed E-state index contributed by atoms with van der Waals surface area (Å²) < 4.78 is 9.08. The molecule has 0 atom stereocenters. The van der Waals surface area contributed by atoms with Gasteiger partial charge in [-0.1, -0.05) is 0 Å². The van der Waals surface area contributed by atoms with Crippen molar-refractivity contribution >= 4 is 11.6 Å². The van der Waals surface area contributed by atoms with Crippen LogP contribution in [0.3, 0.4) is 0 Å². The predicted octanol–water partition coefficient (Wildman–Crippen LogP) is 1.29. The molecule has 0 aromatic carbocycles. The molecule has 0 radical (unpaired) electrons. The third kappa shape index (κ3) is 2.09. The van der Waals surface area contributed by atoms with Crippen molar-refractivity contribution in [2.75, 3.05) is 18.1 Å². The van der Waals surface area contributed by atoms with Crippen LogP contribution in [0.2, 0.25) is 0 Å². The van der Waals surface area contributed by atoms with Gasteiger partial charge in [0.05, 0.1) is 23.5 Å². The summed E-state index contributed by atoms with van der Waals surface area (Å²) in [7, 11) is 1.82. The van der Waals surface area contributed by atoms with Gasteiger partial charge in [-0.05, 0) is 20.8 Å². The standard InChI is InChI=1S/C14H19N5O2/c1-5-18-8-11(9(2)16-18)13(20)19-6-7-21-14-12(19)10(3)15-17(14)4/h8H,5-7H2,1-4H3. The first-order chi connectivity index (χ1) is 10.0. The van der Waals surface area contributed by atoms with E-state index in [2.05, 4.69) is 10.2 Å². The van der Waals surface area contributed by atoms with Crippen LogP contribution in [-0.2, 0) is 13.6 Å². The van der Waals surface area contributed by atoms with Gasteiger partial charge in [-0.25, -0.2) is 4.68 Å². The lowest BCUT2D eigenvalue weighted by molar-refractivity contribution is 0.0974. The molecule has 3 heterocycles. The van der Waals surface area contributed by atoms with E-state index in [1.165, 1.54) is 0 Å². The molecule has 0 fully saturated rings. The van der Waals surface area contributed by atoms with Crippen LogP contribution in [0.15, 0.2) is 6.20 Å². The van der Waals surface area contributed by atoms with Crippen molar-refractivity contribution in [2.24, 2.45) is 7.05 Å². The summed E-state index contributed by atoms with van der Waals surface area (Å²) >= 11 is 0. The number of amides is 1. The van der Waals surface area contributed by atoms with Gasteiger partial charge >= 0.3 is 0 Å². The molecule has 21 heavy (non-hydrogen) atoms. The first-order valence-electron chi connectivity index (χ1n) is 7.05. The highest BCUT2D eigenvalue weighted by molar-refractivity contribution is 6.07. The molecule has 0 aliphatic carbocycles. The molecular weight excluding hydrogens is 270 g/mol. The molecule has 112 valence electrons. The maximum absolute atomic E-state index is 12.9. The lowest BCUT2D eigenvalue weighted by Crippen LogP contribution is -2.38. The minimum absolute atomic E-state index is 0.0483. The summed E-state index contributed by atoms with van der Waals surface area (Å²) in [4.78, 5) is 14.6. The van der Waals surface area contributed by atoms with E-state index in [0.717, 1.165) is 23.6 Å². The Bertz CT molecular complexity index is 701. The molecule has 0 N–H and O–H groups in total. The van der Waals surface area contributed by atoms with E-state index in [1.54, 1.807) is 20.5 Å². The molecule has 3 rings (SSSR count). The quantitative estimate of drug-likeness (QED) is 0.835. The van der Waals surface area contributed by atoms with Gasteiger partial charge in [-0.2, -0.15) is 10.2 Å². The van der Waals surface area contributed by atoms with E-state index in [1.807, 2.05) is 27.8 Å². The van der Waals surface area contributed by atoms with Crippen LogP contribution in [0.1, 0.15) is 28.7 Å². The van der Waals surface area contributed by atoms with Crippen LogP contribution in [0, 0.1) is 13.8 Å². The molecule has 0 saturated heterocycles. The summed E-state index contributed by atoms with van der Waals surface area (Å²) in [6, 6.07) is 0. The van der Waals surface area contributed by atoms with Crippen molar-refractivity contribution in [3.05, 3.63) is 23.1 Å². The predicted molar refractivity (Wildman–Crippen MR) is 77.8 cm³/mol. The van der Waals surface area contributed by atoms with E-state index in [4.69, 9.17) is 4.74 Å². The highest BCUT2D eigenvalue weighted by Gasteiger charge is 2.31. The average Bonchev–Trinajstić information content (AvgIpc) is 2.99. The molecular formula is C14H19N5O2. The Hall–Kier alpha value is -2.31. The lowest BCUT2D eigenvalue weighted by Gasteiger charge is -2.27. The second-order valence-electron chi connectivity index (χ2n) is 5.15. The monoisotopic (exact) mass is 289 g/mol. The third-order valence-corrected chi connectivity index (χ3v) is 3.71. The van der Waals surface area contributed by atoms with Crippen LogP contribution in [-0.4, -0.2) is 38.6 Å². The number of carbonyl (C=O) groups excluding carboxylic acids is 1. The minimum atomic E-state index is -0.0483. The summed E-state index contributed by atoms with van der Waals surface area (Å²) in [5.41, 5.74) is 2.93. The molecule has 0 spiro atoms. The smallest absolute Gasteiger partial charge is 0.262 e. The number of ether oxygens (including phenoxy) is 1. The van der Waals surface area contributed by atoms with Crippen molar-refractivity contribution in [3.63, 3.8) is 0 Å². The van der Waals surface area contributed by atoms with Gasteiger partial charge in [0.25, 0.3) is 5.91 Å². The van der Waals surface area contributed by atoms with Gasteiger partial charge in [-0.15, -0.1) is 0 Å². The largest absolute Gasteiger partial charge is 0.474 e. The Morgan fingerprint density at radius 3 is 2.76 bits per heavy atom. The fraction of sp³-hybridized carbons (Fsp3) is 0.500. The number of rotatable bonds is 2.